The van der Waals surface area contributed by atoms with Crippen LogP contribution in [0.4, 0.5) is 0 Å². The highest BCUT2D eigenvalue weighted by molar-refractivity contribution is 5.28. The molecule has 0 saturated carbocycles. The van der Waals surface area contributed by atoms with Crippen molar-refractivity contribution >= 4 is 0 Å². The van der Waals surface area contributed by atoms with Crippen LogP contribution in [0.2, 0.25) is 0 Å². The maximum atomic E-state index is 9.11. The Morgan fingerprint density at radius 3 is 2.94 bits per heavy atom. The fourth-order valence-electron chi connectivity index (χ4n) is 1.39. The zero-order valence-corrected chi connectivity index (χ0v) is 10.1. The molecule has 0 saturated heterocycles. The van der Waals surface area contributed by atoms with Gasteiger partial charge in [0.1, 0.15) is 5.75 Å². The van der Waals surface area contributed by atoms with Gasteiger partial charge in [-0.2, -0.15) is 0 Å². The van der Waals surface area contributed by atoms with Gasteiger partial charge in [0.25, 0.3) is 0 Å². The molecule has 3 nitrogen and oxygen atoms in total. The highest BCUT2D eigenvalue weighted by Crippen LogP contribution is 2.13. The van der Waals surface area contributed by atoms with Crippen LogP contribution in [0, 0.1) is 0 Å². The predicted octanol–water partition coefficient (Wildman–Crippen LogP) is 1.95. The monoisotopic (exact) mass is 223 g/mol. The van der Waals surface area contributed by atoms with Crippen LogP contribution in [-0.4, -0.2) is 24.4 Å². The fourth-order valence-corrected chi connectivity index (χ4v) is 1.39. The Hall–Kier alpha value is -1.06. The molecule has 1 aromatic rings. The van der Waals surface area contributed by atoms with E-state index in [-0.39, 0.29) is 6.10 Å². The molecule has 0 fully saturated rings. The first-order valence-corrected chi connectivity index (χ1v) is 5.83. The summed E-state index contributed by atoms with van der Waals surface area (Å²) >= 11 is 0. The molecule has 0 aliphatic heterocycles. The van der Waals surface area contributed by atoms with Gasteiger partial charge in [-0.25, -0.2) is 0 Å². The van der Waals surface area contributed by atoms with Crippen molar-refractivity contribution in [3.63, 3.8) is 0 Å². The van der Waals surface area contributed by atoms with Crippen LogP contribution < -0.4 is 10.1 Å². The van der Waals surface area contributed by atoms with Gasteiger partial charge in [0.15, 0.2) is 0 Å². The molecule has 1 aromatic carbocycles. The Kier molecular flexibility index (Phi) is 5.90. The molecule has 0 heterocycles. The van der Waals surface area contributed by atoms with Crippen molar-refractivity contribution in [2.24, 2.45) is 0 Å². The SMILES string of the molecule is CCCOc1cccc(CNC[C@H](C)O)c1. The molecule has 0 spiro atoms. The molecular weight excluding hydrogens is 202 g/mol. The number of hydrogen-bond donors (Lipinski definition) is 2. The van der Waals surface area contributed by atoms with E-state index in [4.69, 9.17) is 9.84 Å². The topological polar surface area (TPSA) is 41.5 Å². The van der Waals surface area contributed by atoms with Gasteiger partial charge >= 0.3 is 0 Å². The Morgan fingerprint density at radius 2 is 2.25 bits per heavy atom. The van der Waals surface area contributed by atoms with E-state index < -0.39 is 0 Å². The molecule has 90 valence electrons. The molecule has 2 N–H and O–H groups in total. The first kappa shape index (κ1) is 13.0. The summed E-state index contributed by atoms with van der Waals surface area (Å²) in [6.07, 6.45) is 0.712. The zero-order chi connectivity index (χ0) is 11.8. The Balaban J connectivity index is 2.40. The van der Waals surface area contributed by atoms with E-state index in [1.807, 2.05) is 24.3 Å². The number of nitrogens with one attached hydrogen (secondary N) is 1. The summed E-state index contributed by atoms with van der Waals surface area (Å²) in [5.74, 6) is 0.915. The Bertz CT molecular complexity index is 300. The normalized spacial score (nSPS) is 12.4. The average molecular weight is 223 g/mol. The van der Waals surface area contributed by atoms with Gasteiger partial charge in [-0.1, -0.05) is 19.1 Å². The quantitative estimate of drug-likeness (QED) is 0.742. The molecule has 1 atom stereocenters. The third-order valence-electron chi connectivity index (χ3n) is 2.14. The van der Waals surface area contributed by atoms with Crippen LogP contribution in [0.15, 0.2) is 24.3 Å². The molecule has 3 heteroatoms. The fraction of sp³-hybridized carbons (Fsp3) is 0.538. The zero-order valence-electron chi connectivity index (χ0n) is 10.1. The maximum absolute atomic E-state index is 9.11. The molecule has 0 radical (unpaired) electrons. The van der Waals surface area contributed by atoms with Crippen molar-refractivity contribution in [3.8, 4) is 5.75 Å². The summed E-state index contributed by atoms with van der Waals surface area (Å²) in [5, 5.41) is 12.3. The van der Waals surface area contributed by atoms with Gasteiger partial charge in [0.2, 0.25) is 0 Å². The number of rotatable bonds is 7. The van der Waals surface area contributed by atoms with E-state index in [2.05, 4.69) is 12.2 Å². The van der Waals surface area contributed by atoms with E-state index in [1.54, 1.807) is 6.92 Å². The van der Waals surface area contributed by atoms with E-state index in [0.717, 1.165) is 25.3 Å². The number of aliphatic hydroxyl groups excluding tert-OH is 1. The second-order valence-corrected chi connectivity index (χ2v) is 3.98. The lowest BCUT2D eigenvalue weighted by Crippen LogP contribution is -2.23. The molecule has 0 bridgehead atoms. The van der Waals surface area contributed by atoms with Crippen LogP contribution in [0.1, 0.15) is 25.8 Å². The van der Waals surface area contributed by atoms with E-state index in [1.165, 1.54) is 5.56 Å². The van der Waals surface area contributed by atoms with E-state index >= 15 is 0 Å². The molecule has 0 aliphatic rings. The van der Waals surface area contributed by atoms with Crippen molar-refractivity contribution in [2.75, 3.05) is 13.2 Å². The van der Waals surface area contributed by atoms with Crippen LogP contribution in [0.25, 0.3) is 0 Å². The summed E-state index contributed by atoms with van der Waals surface area (Å²) in [6.45, 7) is 5.99. The van der Waals surface area contributed by atoms with Crippen LogP contribution in [0.5, 0.6) is 5.75 Å². The van der Waals surface area contributed by atoms with Gasteiger partial charge in [-0.15, -0.1) is 0 Å². The van der Waals surface area contributed by atoms with E-state index in [0.29, 0.717) is 6.54 Å². The summed E-state index contributed by atoms with van der Waals surface area (Å²) in [7, 11) is 0. The smallest absolute Gasteiger partial charge is 0.119 e. The second-order valence-electron chi connectivity index (χ2n) is 3.98. The van der Waals surface area contributed by atoms with E-state index in [9.17, 15) is 0 Å². The summed E-state index contributed by atoms with van der Waals surface area (Å²) in [4.78, 5) is 0. The standard InChI is InChI=1S/C13H21NO2/c1-3-7-16-13-6-4-5-12(8-13)10-14-9-11(2)15/h4-6,8,11,14-15H,3,7,9-10H2,1-2H3/t11-/m0/s1. The predicted molar refractivity (Wildman–Crippen MR) is 65.6 cm³/mol. The van der Waals surface area contributed by atoms with Gasteiger partial charge < -0.3 is 15.2 Å². The van der Waals surface area contributed by atoms with Gasteiger partial charge in [0.05, 0.1) is 12.7 Å². The molecule has 0 unspecified atom stereocenters. The highest BCUT2D eigenvalue weighted by atomic mass is 16.5. The lowest BCUT2D eigenvalue weighted by atomic mass is 10.2. The van der Waals surface area contributed by atoms with Crippen molar-refractivity contribution in [3.05, 3.63) is 29.8 Å². The van der Waals surface area contributed by atoms with Crippen LogP contribution in [-0.2, 0) is 6.54 Å². The molecule has 0 aliphatic carbocycles. The van der Waals surface area contributed by atoms with Gasteiger partial charge in [0, 0.05) is 13.1 Å². The highest BCUT2D eigenvalue weighted by Gasteiger charge is 1.98. The first-order valence-electron chi connectivity index (χ1n) is 5.83. The number of hydrogen-bond acceptors (Lipinski definition) is 3. The van der Waals surface area contributed by atoms with Crippen LogP contribution in [0.3, 0.4) is 0 Å². The molecule has 16 heavy (non-hydrogen) atoms. The molecule has 1 rings (SSSR count). The van der Waals surface area contributed by atoms with Crippen molar-refractivity contribution in [1.82, 2.24) is 5.32 Å². The first-order chi connectivity index (χ1) is 7.72. The Morgan fingerprint density at radius 1 is 1.44 bits per heavy atom. The van der Waals surface area contributed by atoms with Crippen LogP contribution >= 0.6 is 0 Å². The minimum atomic E-state index is -0.306. The third kappa shape index (κ3) is 5.14. The average Bonchev–Trinajstić information content (AvgIpc) is 2.26. The molecule has 0 amide bonds. The summed E-state index contributed by atoms with van der Waals surface area (Å²) in [5.41, 5.74) is 1.18. The minimum absolute atomic E-state index is 0.306. The number of benzene rings is 1. The lowest BCUT2D eigenvalue weighted by molar-refractivity contribution is 0.191. The number of ether oxygens (including phenoxy) is 1. The molecule has 0 aromatic heterocycles. The Labute approximate surface area is 97.4 Å². The van der Waals surface area contributed by atoms with Crippen molar-refractivity contribution < 1.29 is 9.84 Å². The third-order valence-corrected chi connectivity index (χ3v) is 2.14. The second kappa shape index (κ2) is 7.25. The molecular formula is C13H21NO2. The number of aliphatic hydroxyl groups is 1. The summed E-state index contributed by atoms with van der Waals surface area (Å²) in [6, 6.07) is 8.04. The van der Waals surface area contributed by atoms with Crippen molar-refractivity contribution in [1.29, 1.82) is 0 Å². The summed E-state index contributed by atoms with van der Waals surface area (Å²) < 4.78 is 5.55. The maximum Gasteiger partial charge on any atom is 0.119 e. The van der Waals surface area contributed by atoms with Gasteiger partial charge in [-0.05, 0) is 31.0 Å². The lowest BCUT2D eigenvalue weighted by Gasteiger charge is -2.09. The van der Waals surface area contributed by atoms with Crippen molar-refractivity contribution in [2.45, 2.75) is 32.9 Å². The largest absolute Gasteiger partial charge is 0.494 e. The van der Waals surface area contributed by atoms with Gasteiger partial charge in [-0.3, -0.25) is 0 Å². The minimum Gasteiger partial charge on any atom is -0.494 e.